The predicted octanol–water partition coefficient (Wildman–Crippen LogP) is 4.04. The second-order valence-corrected chi connectivity index (χ2v) is 7.97. The Bertz CT molecular complexity index is 375. The van der Waals surface area contributed by atoms with Crippen molar-refractivity contribution in [2.45, 2.75) is 36.4 Å². The van der Waals surface area contributed by atoms with E-state index in [2.05, 4.69) is 26.1 Å². The zero-order valence-corrected chi connectivity index (χ0v) is 14.2. The highest BCUT2D eigenvalue weighted by molar-refractivity contribution is 9.09. The van der Waals surface area contributed by atoms with Crippen LogP contribution in [0.15, 0.2) is 4.34 Å². The fourth-order valence-electron chi connectivity index (χ4n) is 2.27. The number of nitrogens with zero attached hydrogens (tertiary/aromatic N) is 3. The standard InChI is InChI=1S/C12H20BrN3S2/c1-16(2)10-14-15-11(18-10)17-9-12(8-13)6-4-3-5-7-12/h3-9H2,1-2H3. The summed E-state index contributed by atoms with van der Waals surface area (Å²) in [7, 11) is 4.02. The lowest BCUT2D eigenvalue weighted by molar-refractivity contribution is 0.260. The van der Waals surface area contributed by atoms with Crippen molar-refractivity contribution in [3.63, 3.8) is 0 Å². The van der Waals surface area contributed by atoms with Crippen LogP contribution in [0, 0.1) is 5.41 Å². The average molecular weight is 350 g/mol. The van der Waals surface area contributed by atoms with Crippen LogP contribution in [0.5, 0.6) is 0 Å². The van der Waals surface area contributed by atoms with Gasteiger partial charge in [-0.3, -0.25) is 0 Å². The highest BCUT2D eigenvalue weighted by Gasteiger charge is 2.31. The highest BCUT2D eigenvalue weighted by Crippen LogP contribution is 2.42. The molecule has 1 aliphatic rings. The van der Waals surface area contributed by atoms with Crippen LogP contribution in [0.3, 0.4) is 0 Å². The lowest BCUT2D eigenvalue weighted by Crippen LogP contribution is -2.28. The molecule has 0 aromatic carbocycles. The van der Waals surface area contributed by atoms with Crippen molar-refractivity contribution < 1.29 is 0 Å². The molecule has 0 bridgehead atoms. The van der Waals surface area contributed by atoms with Gasteiger partial charge in [-0.1, -0.05) is 58.3 Å². The Kier molecular flexibility index (Phi) is 5.33. The van der Waals surface area contributed by atoms with E-state index in [1.165, 1.54) is 37.9 Å². The molecule has 0 atom stereocenters. The topological polar surface area (TPSA) is 29.0 Å². The zero-order chi connectivity index (χ0) is 13.0. The molecule has 0 saturated heterocycles. The van der Waals surface area contributed by atoms with Gasteiger partial charge in [-0.05, 0) is 18.3 Å². The summed E-state index contributed by atoms with van der Waals surface area (Å²) >= 11 is 7.28. The average Bonchev–Trinajstić information content (AvgIpc) is 2.87. The maximum absolute atomic E-state index is 4.26. The van der Waals surface area contributed by atoms with Crippen LogP contribution in [-0.2, 0) is 0 Å². The summed E-state index contributed by atoms with van der Waals surface area (Å²) in [6.07, 6.45) is 6.87. The molecule has 1 heterocycles. The quantitative estimate of drug-likeness (QED) is 0.592. The van der Waals surface area contributed by atoms with Crippen LogP contribution in [0.4, 0.5) is 5.13 Å². The van der Waals surface area contributed by atoms with Crippen molar-refractivity contribution in [1.29, 1.82) is 0 Å². The number of thioether (sulfide) groups is 1. The van der Waals surface area contributed by atoms with E-state index < -0.39 is 0 Å². The van der Waals surface area contributed by atoms with Gasteiger partial charge in [-0.25, -0.2) is 0 Å². The van der Waals surface area contributed by atoms with E-state index in [-0.39, 0.29) is 0 Å². The molecule has 1 saturated carbocycles. The van der Waals surface area contributed by atoms with Crippen LogP contribution in [0.25, 0.3) is 0 Å². The minimum absolute atomic E-state index is 0.479. The van der Waals surface area contributed by atoms with Crippen molar-refractivity contribution in [1.82, 2.24) is 10.2 Å². The lowest BCUT2D eigenvalue weighted by atomic mass is 9.77. The molecular formula is C12H20BrN3S2. The molecule has 0 N–H and O–H groups in total. The number of anilines is 1. The Morgan fingerprint density at radius 1 is 1.28 bits per heavy atom. The Morgan fingerprint density at radius 2 is 2.00 bits per heavy atom. The molecule has 0 radical (unpaired) electrons. The first-order chi connectivity index (χ1) is 8.65. The second-order valence-electron chi connectivity index (χ2n) is 5.23. The third-order valence-electron chi connectivity index (χ3n) is 3.48. The molecule has 0 aliphatic heterocycles. The molecule has 3 nitrogen and oxygen atoms in total. The van der Waals surface area contributed by atoms with Crippen molar-refractivity contribution in [3.05, 3.63) is 0 Å². The van der Waals surface area contributed by atoms with Gasteiger partial charge >= 0.3 is 0 Å². The summed E-state index contributed by atoms with van der Waals surface area (Å²) < 4.78 is 1.10. The van der Waals surface area contributed by atoms with Crippen LogP contribution < -0.4 is 4.90 Å². The fraction of sp³-hybridized carbons (Fsp3) is 0.833. The normalized spacial score (nSPS) is 18.8. The van der Waals surface area contributed by atoms with Crippen molar-refractivity contribution in [3.8, 4) is 0 Å². The first-order valence-electron chi connectivity index (χ1n) is 6.35. The van der Waals surface area contributed by atoms with Gasteiger partial charge in [0, 0.05) is 25.2 Å². The van der Waals surface area contributed by atoms with E-state index in [1.807, 2.05) is 30.8 Å². The van der Waals surface area contributed by atoms with Crippen LogP contribution in [-0.4, -0.2) is 35.4 Å². The number of hydrogen-bond acceptors (Lipinski definition) is 5. The van der Waals surface area contributed by atoms with Gasteiger partial charge < -0.3 is 4.90 Å². The van der Waals surface area contributed by atoms with E-state index in [0.717, 1.165) is 14.8 Å². The lowest BCUT2D eigenvalue weighted by Gasteiger charge is -2.35. The molecule has 2 rings (SSSR count). The van der Waals surface area contributed by atoms with Gasteiger partial charge in [0.2, 0.25) is 5.13 Å². The molecular weight excluding hydrogens is 330 g/mol. The van der Waals surface area contributed by atoms with E-state index in [9.17, 15) is 0 Å². The summed E-state index contributed by atoms with van der Waals surface area (Å²) in [4.78, 5) is 2.02. The maximum Gasteiger partial charge on any atom is 0.208 e. The smallest absolute Gasteiger partial charge is 0.208 e. The van der Waals surface area contributed by atoms with Crippen LogP contribution in [0.1, 0.15) is 32.1 Å². The summed E-state index contributed by atoms with van der Waals surface area (Å²) in [5, 5.41) is 10.6. The Hall–Kier alpha value is 0.190. The van der Waals surface area contributed by atoms with Crippen molar-refractivity contribution >= 4 is 44.2 Å². The largest absolute Gasteiger partial charge is 0.353 e. The molecule has 0 amide bonds. The molecule has 1 aromatic rings. The second kappa shape index (κ2) is 6.57. The highest BCUT2D eigenvalue weighted by atomic mass is 79.9. The third kappa shape index (κ3) is 3.61. The van der Waals surface area contributed by atoms with E-state index in [4.69, 9.17) is 0 Å². The number of alkyl halides is 1. The SMILES string of the molecule is CN(C)c1nnc(SCC2(CBr)CCCCC2)s1. The summed E-state index contributed by atoms with van der Waals surface area (Å²) in [5.41, 5.74) is 0.479. The fourth-order valence-corrected chi connectivity index (χ4v) is 5.35. The minimum Gasteiger partial charge on any atom is -0.353 e. The number of hydrogen-bond donors (Lipinski definition) is 0. The molecule has 102 valence electrons. The van der Waals surface area contributed by atoms with Gasteiger partial charge in [0.1, 0.15) is 0 Å². The van der Waals surface area contributed by atoms with Gasteiger partial charge in [-0.15, -0.1) is 10.2 Å². The van der Waals surface area contributed by atoms with Crippen molar-refractivity contribution in [2.75, 3.05) is 30.1 Å². The first-order valence-corrected chi connectivity index (χ1v) is 9.27. The summed E-state index contributed by atoms with van der Waals surface area (Å²) in [6, 6.07) is 0. The van der Waals surface area contributed by atoms with Gasteiger partial charge in [0.15, 0.2) is 4.34 Å². The molecule has 1 aromatic heterocycles. The summed E-state index contributed by atoms with van der Waals surface area (Å²) in [5.74, 6) is 1.17. The molecule has 1 fully saturated rings. The van der Waals surface area contributed by atoms with Crippen LogP contribution >= 0.6 is 39.0 Å². The number of halogens is 1. The zero-order valence-electron chi connectivity index (χ0n) is 11.0. The first kappa shape index (κ1) is 14.6. The molecule has 18 heavy (non-hydrogen) atoms. The van der Waals surface area contributed by atoms with Gasteiger partial charge in [0.05, 0.1) is 0 Å². The summed E-state index contributed by atoms with van der Waals surface area (Å²) in [6.45, 7) is 0. The monoisotopic (exact) mass is 349 g/mol. The van der Waals surface area contributed by atoms with Gasteiger partial charge in [0.25, 0.3) is 0 Å². The third-order valence-corrected chi connectivity index (χ3v) is 7.24. The Morgan fingerprint density at radius 3 is 2.56 bits per heavy atom. The molecule has 1 aliphatic carbocycles. The van der Waals surface area contributed by atoms with E-state index in [1.54, 1.807) is 11.3 Å². The van der Waals surface area contributed by atoms with Crippen LogP contribution in [0.2, 0.25) is 0 Å². The maximum atomic E-state index is 4.26. The molecule has 0 spiro atoms. The number of rotatable bonds is 5. The van der Waals surface area contributed by atoms with E-state index in [0.29, 0.717) is 5.41 Å². The number of aromatic nitrogens is 2. The van der Waals surface area contributed by atoms with Crippen molar-refractivity contribution in [2.24, 2.45) is 5.41 Å². The molecule has 0 unspecified atom stereocenters. The van der Waals surface area contributed by atoms with Gasteiger partial charge in [-0.2, -0.15) is 0 Å². The van der Waals surface area contributed by atoms with E-state index >= 15 is 0 Å². The predicted molar refractivity (Wildman–Crippen MR) is 84.3 cm³/mol. The Labute approximate surface area is 126 Å². The molecule has 6 heteroatoms. The minimum atomic E-state index is 0.479. The Balaban J connectivity index is 1.92.